The Morgan fingerprint density at radius 1 is 0.889 bits per heavy atom. The van der Waals surface area contributed by atoms with Crippen LogP contribution in [0.25, 0.3) is 0 Å². The van der Waals surface area contributed by atoms with E-state index in [0.717, 1.165) is 0 Å². The summed E-state index contributed by atoms with van der Waals surface area (Å²) in [4.78, 5) is 2.55. The fourth-order valence-electron chi connectivity index (χ4n) is 2.00. The summed E-state index contributed by atoms with van der Waals surface area (Å²) >= 11 is 0. The monoisotopic (exact) mass is 255 g/mol. The summed E-state index contributed by atoms with van der Waals surface area (Å²) in [7, 11) is 0. The van der Waals surface area contributed by atoms with Crippen LogP contribution in [0, 0.1) is 0 Å². The predicted molar refractivity (Wildman–Crippen MR) is 86.2 cm³/mol. The van der Waals surface area contributed by atoms with Crippen LogP contribution in [0.5, 0.6) is 0 Å². The van der Waals surface area contributed by atoms with Crippen LogP contribution < -0.4 is 0 Å². The van der Waals surface area contributed by atoms with Crippen LogP contribution in [0.15, 0.2) is 12.2 Å². The van der Waals surface area contributed by atoms with Crippen LogP contribution in [-0.2, 0) is 0 Å². The fraction of sp³-hybridized carbons (Fsp3) is 0.882. The minimum absolute atomic E-state index is 0.706. The second kappa shape index (κ2) is 16.7. The molecule has 110 valence electrons. The standard InChI is InChI=1S/C15H31N.C2H6/c1-5-7-8-9-10-11-12-13-14-16(6-2)15(3)4;1-2/h7-8,15H,5-6,9-14H2,1-4H3;1-2H3/b8-7+;. The second-order valence-electron chi connectivity index (χ2n) is 4.80. The zero-order valence-electron chi connectivity index (χ0n) is 13.8. The van der Waals surface area contributed by atoms with Gasteiger partial charge in [0, 0.05) is 6.04 Å². The van der Waals surface area contributed by atoms with Crippen molar-refractivity contribution in [3.05, 3.63) is 12.2 Å². The molecule has 0 aliphatic rings. The van der Waals surface area contributed by atoms with Crippen molar-refractivity contribution in [3.8, 4) is 0 Å². The number of rotatable bonds is 10. The van der Waals surface area contributed by atoms with E-state index in [-0.39, 0.29) is 0 Å². The molecule has 1 nitrogen and oxygen atoms in total. The lowest BCUT2D eigenvalue weighted by molar-refractivity contribution is 0.228. The van der Waals surface area contributed by atoms with Gasteiger partial charge >= 0.3 is 0 Å². The summed E-state index contributed by atoms with van der Waals surface area (Å²) in [5.74, 6) is 0. The molecule has 1 heteroatoms. The normalized spacial score (nSPS) is 11.1. The van der Waals surface area contributed by atoms with Gasteiger partial charge in [-0.05, 0) is 52.6 Å². The third kappa shape index (κ3) is 13.8. The maximum absolute atomic E-state index is 2.55. The minimum atomic E-state index is 0.706. The van der Waals surface area contributed by atoms with Gasteiger partial charge in [0.2, 0.25) is 0 Å². The van der Waals surface area contributed by atoms with E-state index in [1.807, 2.05) is 13.8 Å². The Hall–Kier alpha value is -0.300. The Morgan fingerprint density at radius 3 is 2.00 bits per heavy atom. The molecule has 0 N–H and O–H groups in total. The Bertz CT molecular complexity index is 161. The highest BCUT2D eigenvalue weighted by molar-refractivity contribution is 4.79. The van der Waals surface area contributed by atoms with Crippen LogP contribution in [0.4, 0.5) is 0 Å². The van der Waals surface area contributed by atoms with E-state index in [2.05, 4.69) is 44.7 Å². The third-order valence-electron chi connectivity index (χ3n) is 3.10. The molecule has 0 heterocycles. The second-order valence-corrected chi connectivity index (χ2v) is 4.80. The molecule has 0 bridgehead atoms. The number of nitrogens with zero attached hydrogens (tertiary/aromatic N) is 1. The van der Waals surface area contributed by atoms with Crippen molar-refractivity contribution in [2.24, 2.45) is 0 Å². The van der Waals surface area contributed by atoms with E-state index in [9.17, 15) is 0 Å². The van der Waals surface area contributed by atoms with E-state index in [0.29, 0.717) is 6.04 Å². The van der Waals surface area contributed by atoms with E-state index in [4.69, 9.17) is 0 Å². The number of hydrogen-bond acceptors (Lipinski definition) is 1. The molecule has 0 aromatic rings. The largest absolute Gasteiger partial charge is 0.301 e. The van der Waals surface area contributed by atoms with E-state index < -0.39 is 0 Å². The molecule has 0 unspecified atom stereocenters. The minimum Gasteiger partial charge on any atom is -0.301 e. The van der Waals surface area contributed by atoms with Gasteiger partial charge in [0.1, 0.15) is 0 Å². The number of allylic oxidation sites excluding steroid dienone is 2. The molecule has 0 saturated heterocycles. The first-order valence-electron chi connectivity index (χ1n) is 8.11. The molecule has 0 aromatic carbocycles. The van der Waals surface area contributed by atoms with Gasteiger partial charge in [-0.3, -0.25) is 0 Å². The van der Waals surface area contributed by atoms with Gasteiger partial charge in [0.15, 0.2) is 0 Å². The van der Waals surface area contributed by atoms with Crippen molar-refractivity contribution in [1.82, 2.24) is 4.90 Å². The molecule has 0 atom stereocenters. The zero-order chi connectivity index (χ0) is 14.2. The average molecular weight is 255 g/mol. The van der Waals surface area contributed by atoms with Crippen LogP contribution in [0.2, 0.25) is 0 Å². The summed E-state index contributed by atoms with van der Waals surface area (Å²) in [6.07, 6.45) is 12.6. The van der Waals surface area contributed by atoms with Gasteiger partial charge in [-0.1, -0.05) is 52.7 Å². The first kappa shape index (κ1) is 20.0. The molecular formula is C17H37N. The number of unbranched alkanes of at least 4 members (excludes halogenated alkanes) is 4. The molecule has 0 rings (SSSR count). The Balaban J connectivity index is 0. The van der Waals surface area contributed by atoms with E-state index >= 15 is 0 Å². The summed E-state index contributed by atoms with van der Waals surface area (Å²) in [6.45, 7) is 15.5. The molecule has 0 aromatic heterocycles. The smallest absolute Gasteiger partial charge is 0.00384 e. The van der Waals surface area contributed by atoms with E-state index in [1.165, 1.54) is 51.6 Å². The van der Waals surface area contributed by atoms with Crippen molar-refractivity contribution in [2.75, 3.05) is 13.1 Å². The lowest BCUT2D eigenvalue weighted by Gasteiger charge is -2.24. The molecule has 0 spiro atoms. The lowest BCUT2D eigenvalue weighted by atomic mass is 10.1. The van der Waals surface area contributed by atoms with Gasteiger partial charge in [-0.15, -0.1) is 0 Å². The molecule has 0 radical (unpaired) electrons. The Kier molecular flexibility index (Phi) is 18.6. The van der Waals surface area contributed by atoms with Crippen LogP contribution in [0.1, 0.15) is 80.1 Å². The lowest BCUT2D eigenvalue weighted by Crippen LogP contribution is -2.31. The first-order chi connectivity index (χ1) is 8.72. The average Bonchev–Trinajstić information content (AvgIpc) is 2.39. The molecule has 18 heavy (non-hydrogen) atoms. The Labute approximate surface area is 117 Å². The quantitative estimate of drug-likeness (QED) is 0.359. The van der Waals surface area contributed by atoms with Gasteiger partial charge in [-0.2, -0.15) is 0 Å². The van der Waals surface area contributed by atoms with Gasteiger partial charge in [-0.25, -0.2) is 0 Å². The molecule has 0 fully saturated rings. The topological polar surface area (TPSA) is 3.24 Å². The molecule has 0 aliphatic heterocycles. The van der Waals surface area contributed by atoms with Crippen LogP contribution in [0.3, 0.4) is 0 Å². The third-order valence-corrected chi connectivity index (χ3v) is 3.10. The Morgan fingerprint density at radius 2 is 1.50 bits per heavy atom. The van der Waals surface area contributed by atoms with Crippen LogP contribution in [-0.4, -0.2) is 24.0 Å². The van der Waals surface area contributed by atoms with Gasteiger partial charge < -0.3 is 4.90 Å². The maximum atomic E-state index is 2.55. The molecular weight excluding hydrogens is 218 g/mol. The maximum Gasteiger partial charge on any atom is 0.00384 e. The van der Waals surface area contributed by atoms with Gasteiger partial charge in [0.05, 0.1) is 0 Å². The van der Waals surface area contributed by atoms with Crippen molar-refractivity contribution in [1.29, 1.82) is 0 Å². The van der Waals surface area contributed by atoms with E-state index in [1.54, 1.807) is 0 Å². The molecule has 0 saturated carbocycles. The molecule has 0 aliphatic carbocycles. The fourth-order valence-corrected chi connectivity index (χ4v) is 2.00. The predicted octanol–water partition coefficient (Wildman–Crippen LogP) is 5.66. The van der Waals surface area contributed by atoms with Crippen LogP contribution >= 0.6 is 0 Å². The van der Waals surface area contributed by atoms with Gasteiger partial charge in [0.25, 0.3) is 0 Å². The highest BCUT2D eigenvalue weighted by Crippen LogP contribution is 2.06. The first-order valence-corrected chi connectivity index (χ1v) is 8.11. The summed E-state index contributed by atoms with van der Waals surface area (Å²) in [5, 5.41) is 0. The number of hydrogen-bond donors (Lipinski definition) is 0. The highest BCUT2D eigenvalue weighted by Gasteiger charge is 2.04. The summed E-state index contributed by atoms with van der Waals surface area (Å²) in [5.41, 5.74) is 0. The summed E-state index contributed by atoms with van der Waals surface area (Å²) < 4.78 is 0. The SMILES string of the molecule is CC.CC/C=C/CCCCCCN(CC)C(C)C. The van der Waals surface area contributed by atoms with Crippen molar-refractivity contribution < 1.29 is 0 Å². The van der Waals surface area contributed by atoms with Crippen molar-refractivity contribution in [2.45, 2.75) is 86.1 Å². The molecule has 0 amide bonds. The zero-order valence-corrected chi connectivity index (χ0v) is 13.8. The summed E-state index contributed by atoms with van der Waals surface area (Å²) in [6, 6.07) is 0.706. The van der Waals surface area contributed by atoms with Crippen molar-refractivity contribution >= 4 is 0 Å². The van der Waals surface area contributed by atoms with Crippen molar-refractivity contribution in [3.63, 3.8) is 0 Å². The highest BCUT2D eigenvalue weighted by atomic mass is 15.1.